The lowest BCUT2D eigenvalue weighted by Crippen LogP contribution is -2.39. The summed E-state index contributed by atoms with van der Waals surface area (Å²) in [5.41, 5.74) is 3.60. The molecule has 0 radical (unpaired) electrons. The third kappa shape index (κ3) is 2.45. The molecule has 0 amide bonds. The molecule has 0 N–H and O–H groups in total. The minimum atomic E-state index is 0.477. The first-order valence-electron chi connectivity index (χ1n) is 7.41. The number of hydrogen-bond donors (Lipinski definition) is 0. The van der Waals surface area contributed by atoms with Crippen molar-refractivity contribution in [3.05, 3.63) is 29.6 Å². The average Bonchev–Trinajstić information content (AvgIpc) is 2.81. The quantitative estimate of drug-likeness (QED) is 0.806. The molecule has 3 rings (SSSR count). The number of para-hydroxylation sites is 1. The second kappa shape index (κ2) is 5.74. The van der Waals surface area contributed by atoms with E-state index in [4.69, 9.17) is 16.6 Å². The molecule has 1 saturated heterocycles. The Morgan fingerprint density at radius 3 is 2.95 bits per heavy atom. The summed E-state index contributed by atoms with van der Waals surface area (Å²) in [6.07, 6.45) is 3.92. The van der Waals surface area contributed by atoms with Crippen LogP contribution in [0.3, 0.4) is 0 Å². The maximum absolute atomic E-state index is 6.11. The molecule has 0 bridgehead atoms. The molecule has 4 heteroatoms. The van der Waals surface area contributed by atoms with Crippen molar-refractivity contribution in [2.45, 2.75) is 44.7 Å². The van der Waals surface area contributed by atoms with E-state index < -0.39 is 0 Å². The fourth-order valence-electron chi connectivity index (χ4n) is 3.30. The van der Waals surface area contributed by atoms with Crippen molar-refractivity contribution in [2.24, 2.45) is 0 Å². The number of likely N-dealkylation sites (N-methyl/N-ethyl adjacent to an activating group) is 1. The number of benzene rings is 1. The van der Waals surface area contributed by atoms with Gasteiger partial charge in [0.05, 0.1) is 16.9 Å². The van der Waals surface area contributed by atoms with Crippen LogP contribution in [0, 0.1) is 6.92 Å². The van der Waals surface area contributed by atoms with Crippen molar-refractivity contribution in [2.75, 3.05) is 13.6 Å². The number of aryl methyl sites for hydroxylation is 1. The van der Waals surface area contributed by atoms with Crippen LogP contribution in [-0.4, -0.2) is 34.1 Å². The summed E-state index contributed by atoms with van der Waals surface area (Å²) in [5, 5.41) is 0. The zero-order chi connectivity index (χ0) is 14.1. The second-order valence-corrected chi connectivity index (χ2v) is 6.11. The number of aromatic nitrogens is 2. The Balaban J connectivity index is 2.00. The van der Waals surface area contributed by atoms with Crippen molar-refractivity contribution in [3.8, 4) is 0 Å². The number of halogens is 1. The predicted octanol–water partition coefficient (Wildman–Crippen LogP) is 3.57. The van der Waals surface area contributed by atoms with Crippen LogP contribution in [0.4, 0.5) is 0 Å². The van der Waals surface area contributed by atoms with Gasteiger partial charge in [0.1, 0.15) is 5.82 Å². The maximum Gasteiger partial charge on any atom is 0.124 e. The molecule has 108 valence electrons. The Morgan fingerprint density at radius 1 is 1.35 bits per heavy atom. The van der Waals surface area contributed by atoms with E-state index in [-0.39, 0.29) is 0 Å². The van der Waals surface area contributed by atoms with Crippen molar-refractivity contribution in [1.29, 1.82) is 0 Å². The van der Waals surface area contributed by atoms with Gasteiger partial charge in [-0.25, -0.2) is 4.98 Å². The lowest BCUT2D eigenvalue weighted by Gasteiger charge is -2.33. The molecule has 0 saturated carbocycles. The molecule has 2 aromatic rings. The highest BCUT2D eigenvalue weighted by molar-refractivity contribution is 6.16. The number of imidazole rings is 1. The third-order valence-electron chi connectivity index (χ3n) is 4.48. The average molecular weight is 292 g/mol. The maximum atomic E-state index is 6.11. The molecular weight excluding hydrogens is 270 g/mol. The number of fused-ring (bicyclic) bond motifs is 1. The van der Waals surface area contributed by atoms with Crippen LogP contribution in [0.25, 0.3) is 11.0 Å². The summed E-state index contributed by atoms with van der Waals surface area (Å²) in [6, 6.07) is 6.91. The van der Waals surface area contributed by atoms with Gasteiger partial charge in [0, 0.05) is 12.6 Å². The number of hydrogen-bond acceptors (Lipinski definition) is 2. The highest BCUT2D eigenvalue weighted by atomic mass is 35.5. The lowest BCUT2D eigenvalue weighted by molar-refractivity contribution is 0.168. The Bertz CT molecular complexity index is 605. The molecule has 0 aliphatic carbocycles. The van der Waals surface area contributed by atoms with Crippen molar-refractivity contribution < 1.29 is 0 Å². The first-order valence-corrected chi connectivity index (χ1v) is 7.95. The van der Waals surface area contributed by atoms with Gasteiger partial charge in [-0.2, -0.15) is 0 Å². The van der Waals surface area contributed by atoms with Crippen molar-refractivity contribution in [3.63, 3.8) is 0 Å². The van der Waals surface area contributed by atoms with E-state index in [1.54, 1.807) is 0 Å². The summed E-state index contributed by atoms with van der Waals surface area (Å²) in [6.45, 7) is 4.36. The summed E-state index contributed by atoms with van der Waals surface area (Å²) in [5.74, 6) is 1.47. The summed E-state index contributed by atoms with van der Waals surface area (Å²) >= 11 is 6.11. The molecule has 1 aromatic carbocycles. The highest BCUT2D eigenvalue weighted by Gasteiger charge is 2.22. The van der Waals surface area contributed by atoms with Crippen LogP contribution in [0.5, 0.6) is 0 Å². The summed E-state index contributed by atoms with van der Waals surface area (Å²) in [7, 11) is 2.23. The zero-order valence-corrected chi connectivity index (χ0v) is 13.0. The SMILES string of the molecule is Cc1cccc2nc(CCl)n(CC3CCCCN3C)c12. The smallest absolute Gasteiger partial charge is 0.124 e. The first kappa shape index (κ1) is 13.9. The fraction of sp³-hybridized carbons (Fsp3) is 0.562. The van der Waals surface area contributed by atoms with Gasteiger partial charge in [0.15, 0.2) is 0 Å². The van der Waals surface area contributed by atoms with Gasteiger partial charge in [-0.3, -0.25) is 0 Å². The van der Waals surface area contributed by atoms with Crippen molar-refractivity contribution in [1.82, 2.24) is 14.5 Å². The topological polar surface area (TPSA) is 21.1 Å². The molecule has 2 heterocycles. The largest absolute Gasteiger partial charge is 0.325 e. The molecule has 3 nitrogen and oxygen atoms in total. The van der Waals surface area contributed by atoms with E-state index in [0.29, 0.717) is 11.9 Å². The Morgan fingerprint density at radius 2 is 2.20 bits per heavy atom. The van der Waals surface area contributed by atoms with Crippen LogP contribution in [0.15, 0.2) is 18.2 Å². The minimum absolute atomic E-state index is 0.477. The van der Waals surface area contributed by atoms with Crippen LogP contribution in [-0.2, 0) is 12.4 Å². The van der Waals surface area contributed by atoms with Crippen molar-refractivity contribution >= 4 is 22.6 Å². The normalized spacial score (nSPS) is 20.6. The minimum Gasteiger partial charge on any atom is -0.325 e. The number of nitrogens with zero attached hydrogens (tertiary/aromatic N) is 3. The van der Waals surface area contributed by atoms with E-state index in [1.807, 2.05) is 0 Å². The molecule has 1 atom stereocenters. The van der Waals surface area contributed by atoms with E-state index in [0.717, 1.165) is 17.9 Å². The molecule has 1 unspecified atom stereocenters. The first-order chi connectivity index (χ1) is 9.70. The van der Waals surface area contributed by atoms with Gasteiger partial charge in [0.25, 0.3) is 0 Å². The molecule has 0 spiro atoms. The van der Waals surface area contributed by atoms with E-state index >= 15 is 0 Å². The third-order valence-corrected chi connectivity index (χ3v) is 4.72. The van der Waals surface area contributed by atoms with Crippen LogP contribution < -0.4 is 0 Å². The standard InChI is InChI=1S/C16H22ClN3/c1-12-6-5-8-14-16(12)20(15(10-17)18-14)11-13-7-3-4-9-19(13)2/h5-6,8,13H,3-4,7,9-11H2,1-2H3. The number of piperidine rings is 1. The number of likely N-dealkylation sites (tertiary alicyclic amines) is 1. The predicted molar refractivity (Wildman–Crippen MR) is 84.3 cm³/mol. The van der Waals surface area contributed by atoms with Crippen LogP contribution in [0.2, 0.25) is 0 Å². The molecule has 1 aliphatic heterocycles. The lowest BCUT2D eigenvalue weighted by atomic mass is 10.0. The summed E-state index contributed by atoms with van der Waals surface area (Å²) < 4.78 is 2.34. The molecule has 1 fully saturated rings. The fourth-order valence-corrected chi connectivity index (χ4v) is 3.50. The Labute approximate surface area is 125 Å². The van der Waals surface area contributed by atoms with E-state index in [2.05, 4.69) is 41.6 Å². The molecule has 20 heavy (non-hydrogen) atoms. The molecular formula is C16H22ClN3. The Kier molecular flexibility index (Phi) is 3.99. The van der Waals surface area contributed by atoms with E-state index in [9.17, 15) is 0 Å². The Hall–Kier alpha value is -1.06. The summed E-state index contributed by atoms with van der Waals surface area (Å²) in [4.78, 5) is 7.17. The second-order valence-electron chi connectivity index (χ2n) is 5.85. The zero-order valence-electron chi connectivity index (χ0n) is 12.3. The number of alkyl halides is 1. The van der Waals surface area contributed by atoms with Gasteiger partial charge in [0.2, 0.25) is 0 Å². The molecule has 1 aliphatic rings. The highest BCUT2D eigenvalue weighted by Crippen LogP contribution is 2.24. The monoisotopic (exact) mass is 291 g/mol. The van der Waals surface area contributed by atoms with Gasteiger partial charge in [-0.1, -0.05) is 18.6 Å². The van der Waals surface area contributed by atoms with Gasteiger partial charge in [-0.05, 0) is 45.0 Å². The van der Waals surface area contributed by atoms with Crippen LogP contribution >= 0.6 is 11.6 Å². The number of rotatable bonds is 3. The van der Waals surface area contributed by atoms with Gasteiger partial charge >= 0.3 is 0 Å². The van der Waals surface area contributed by atoms with E-state index in [1.165, 1.54) is 36.9 Å². The van der Waals surface area contributed by atoms with Gasteiger partial charge in [-0.15, -0.1) is 11.6 Å². The molecule has 1 aromatic heterocycles. The van der Waals surface area contributed by atoms with Crippen LogP contribution in [0.1, 0.15) is 30.7 Å². The van der Waals surface area contributed by atoms with Gasteiger partial charge < -0.3 is 9.47 Å².